The Labute approximate surface area is 82.8 Å². The molecule has 0 radical (unpaired) electrons. The van der Waals surface area contributed by atoms with E-state index in [2.05, 4.69) is 0 Å². The van der Waals surface area contributed by atoms with Crippen LogP contribution in [0.5, 0.6) is 0 Å². The number of aliphatic hydroxyl groups excluding tert-OH is 2. The van der Waals surface area contributed by atoms with Gasteiger partial charge in [0.1, 0.15) is 0 Å². The van der Waals surface area contributed by atoms with E-state index in [1.165, 1.54) is 0 Å². The van der Waals surface area contributed by atoms with E-state index >= 15 is 0 Å². The molecule has 0 amide bonds. The zero-order valence-electron chi connectivity index (χ0n) is 8.43. The fourth-order valence-electron chi connectivity index (χ4n) is 0.214. The summed E-state index contributed by atoms with van der Waals surface area (Å²) in [4.78, 5) is 18.6. The van der Waals surface area contributed by atoms with E-state index < -0.39 is 11.9 Å². The Morgan fingerprint density at radius 2 is 1.36 bits per heavy atom. The smallest absolute Gasteiger partial charge is 0.303 e. The molecule has 0 heterocycles. The van der Waals surface area contributed by atoms with Crippen molar-refractivity contribution < 1.29 is 30.0 Å². The SMILES string of the molecule is CC(=O)O.CCCC(=O)O.OCCO. The largest absolute Gasteiger partial charge is 0.481 e. The molecule has 0 aromatic carbocycles. The lowest BCUT2D eigenvalue weighted by atomic mass is 10.4. The normalized spacial score (nSPS) is 7.43. The lowest BCUT2D eigenvalue weighted by molar-refractivity contribution is -0.137. The number of hydrogen-bond donors (Lipinski definition) is 4. The highest BCUT2D eigenvalue weighted by molar-refractivity contribution is 5.66. The van der Waals surface area contributed by atoms with Crippen LogP contribution in [-0.2, 0) is 9.59 Å². The summed E-state index contributed by atoms with van der Waals surface area (Å²) >= 11 is 0. The summed E-state index contributed by atoms with van der Waals surface area (Å²) in [6, 6.07) is 0. The Balaban J connectivity index is -0.000000135. The average molecular weight is 210 g/mol. The van der Waals surface area contributed by atoms with Crippen LogP contribution in [0.1, 0.15) is 26.7 Å². The zero-order chi connectivity index (χ0) is 12.0. The molecule has 4 N–H and O–H groups in total. The van der Waals surface area contributed by atoms with E-state index in [0.717, 1.165) is 13.3 Å². The van der Waals surface area contributed by atoms with Crippen molar-refractivity contribution in [2.75, 3.05) is 13.2 Å². The Bertz CT molecular complexity index is 128. The van der Waals surface area contributed by atoms with Crippen molar-refractivity contribution in [3.8, 4) is 0 Å². The highest BCUT2D eigenvalue weighted by Gasteiger charge is 1.87. The van der Waals surface area contributed by atoms with Gasteiger partial charge in [-0.25, -0.2) is 0 Å². The van der Waals surface area contributed by atoms with E-state index in [-0.39, 0.29) is 13.2 Å². The van der Waals surface area contributed by atoms with Crippen molar-refractivity contribution in [3.05, 3.63) is 0 Å². The molecule has 6 nitrogen and oxygen atoms in total. The first-order chi connectivity index (χ1) is 6.42. The molecular formula is C8H18O6. The van der Waals surface area contributed by atoms with Crippen LogP contribution in [0.4, 0.5) is 0 Å². The fourth-order valence-corrected chi connectivity index (χ4v) is 0.214. The van der Waals surface area contributed by atoms with Gasteiger partial charge in [0.2, 0.25) is 0 Å². The molecule has 6 heteroatoms. The third-order valence-electron chi connectivity index (χ3n) is 0.564. The standard InChI is InChI=1S/C4H8O2.C2H4O2.C2H6O2/c1-2-3-4(5)6;1-2(3)4;3-1-2-4/h2-3H2,1H3,(H,5,6);1H3,(H,3,4);3-4H,1-2H2. The number of aliphatic carboxylic acids is 2. The third-order valence-corrected chi connectivity index (χ3v) is 0.564. The predicted molar refractivity (Wildman–Crippen MR) is 50.0 cm³/mol. The molecule has 0 aromatic rings. The summed E-state index contributed by atoms with van der Waals surface area (Å²) in [5, 5.41) is 30.6. The highest BCUT2D eigenvalue weighted by atomic mass is 16.4. The van der Waals surface area contributed by atoms with Crippen molar-refractivity contribution >= 4 is 11.9 Å². The second kappa shape index (κ2) is 17.8. The van der Waals surface area contributed by atoms with Gasteiger partial charge in [0.05, 0.1) is 13.2 Å². The molecular weight excluding hydrogens is 192 g/mol. The van der Waals surface area contributed by atoms with Crippen molar-refractivity contribution in [1.82, 2.24) is 0 Å². The molecule has 0 atom stereocenters. The molecule has 0 aromatic heterocycles. The summed E-state index contributed by atoms with van der Waals surface area (Å²) in [6.07, 6.45) is 1.02. The lowest BCUT2D eigenvalue weighted by Crippen LogP contribution is -1.90. The van der Waals surface area contributed by atoms with Crippen LogP contribution in [-0.4, -0.2) is 45.6 Å². The second-order valence-corrected chi connectivity index (χ2v) is 2.11. The Morgan fingerprint density at radius 3 is 1.36 bits per heavy atom. The van der Waals surface area contributed by atoms with Crippen molar-refractivity contribution in [1.29, 1.82) is 0 Å². The van der Waals surface area contributed by atoms with Crippen molar-refractivity contribution in [3.63, 3.8) is 0 Å². The molecule has 0 aliphatic rings. The molecule has 0 saturated heterocycles. The quantitative estimate of drug-likeness (QED) is 0.518. The monoisotopic (exact) mass is 210 g/mol. The zero-order valence-corrected chi connectivity index (χ0v) is 8.43. The molecule has 0 rings (SSSR count). The van der Waals surface area contributed by atoms with Gasteiger partial charge < -0.3 is 20.4 Å². The summed E-state index contributed by atoms with van der Waals surface area (Å²) in [5.41, 5.74) is 0. The highest BCUT2D eigenvalue weighted by Crippen LogP contribution is 1.82. The van der Waals surface area contributed by atoms with Gasteiger partial charge in [-0.05, 0) is 6.42 Å². The topological polar surface area (TPSA) is 115 Å². The molecule has 14 heavy (non-hydrogen) atoms. The summed E-state index contributed by atoms with van der Waals surface area (Å²) in [7, 11) is 0. The van der Waals surface area contributed by atoms with E-state index in [1.54, 1.807) is 0 Å². The first-order valence-electron chi connectivity index (χ1n) is 4.05. The fraction of sp³-hybridized carbons (Fsp3) is 0.750. The van der Waals surface area contributed by atoms with Crippen LogP contribution in [0.25, 0.3) is 0 Å². The maximum absolute atomic E-state index is 9.60. The molecule has 0 spiro atoms. The van der Waals surface area contributed by atoms with Gasteiger partial charge in [0, 0.05) is 13.3 Å². The average Bonchev–Trinajstić information content (AvgIpc) is 2.03. The first-order valence-corrected chi connectivity index (χ1v) is 4.05. The molecule has 86 valence electrons. The van der Waals surface area contributed by atoms with Crippen LogP contribution in [0.15, 0.2) is 0 Å². The van der Waals surface area contributed by atoms with Crippen LogP contribution in [0.3, 0.4) is 0 Å². The third kappa shape index (κ3) is 129. The number of carboxylic acid groups (broad SMARTS) is 2. The minimum atomic E-state index is -0.833. The van der Waals surface area contributed by atoms with Crippen LogP contribution in [0, 0.1) is 0 Å². The van der Waals surface area contributed by atoms with Gasteiger partial charge in [-0.15, -0.1) is 0 Å². The predicted octanol–water partition coefficient (Wildman–Crippen LogP) is -0.0670. The van der Waals surface area contributed by atoms with Gasteiger partial charge in [-0.3, -0.25) is 9.59 Å². The van der Waals surface area contributed by atoms with Crippen molar-refractivity contribution in [2.24, 2.45) is 0 Å². The van der Waals surface area contributed by atoms with Gasteiger partial charge in [0.15, 0.2) is 0 Å². The Kier molecular flexibility index (Phi) is 23.7. The molecule has 0 aliphatic carbocycles. The minimum absolute atomic E-state index is 0.125. The molecule has 0 bridgehead atoms. The van der Waals surface area contributed by atoms with Crippen LogP contribution < -0.4 is 0 Å². The van der Waals surface area contributed by atoms with Crippen LogP contribution >= 0.6 is 0 Å². The van der Waals surface area contributed by atoms with E-state index in [4.69, 9.17) is 25.2 Å². The van der Waals surface area contributed by atoms with Crippen LogP contribution in [0.2, 0.25) is 0 Å². The summed E-state index contributed by atoms with van der Waals surface area (Å²) in [5.74, 6) is -1.54. The summed E-state index contributed by atoms with van der Waals surface area (Å²) in [6.45, 7) is 2.67. The van der Waals surface area contributed by atoms with Gasteiger partial charge in [-0.1, -0.05) is 6.92 Å². The maximum Gasteiger partial charge on any atom is 0.303 e. The minimum Gasteiger partial charge on any atom is -0.481 e. The first kappa shape index (κ1) is 18.6. The number of carboxylic acids is 2. The number of rotatable bonds is 3. The Hall–Kier alpha value is -1.14. The number of aliphatic hydroxyl groups is 2. The van der Waals surface area contributed by atoms with Crippen molar-refractivity contribution in [2.45, 2.75) is 26.7 Å². The maximum atomic E-state index is 9.60. The Morgan fingerprint density at radius 1 is 1.07 bits per heavy atom. The molecule has 0 aliphatic heterocycles. The van der Waals surface area contributed by atoms with Gasteiger partial charge in [-0.2, -0.15) is 0 Å². The van der Waals surface area contributed by atoms with E-state index in [1.807, 2.05) is 6.92 Å². The van der Waals surface area contributed by atoms with Gasteiger partial charge >= 0.3 is 5.97 Å². The lowest BCUT2D eigenvalue weighted by Gasteiger charge is -1.79. The van der Waals surface area contributed by atoms with Gasteiger partial charge in [0.25, 0.3) is 5.97 Å². The second-order valence-electron chi connectivity index (χ2n) is 2.11. The number of carbonyl (C=O) groups is 2. The summed E-state index contributed by atoms with van der Waals surface area (Å²) < 4.78 is 0. The van der Waals surface area contributed by atoms with E-state index in [0.29, 0.717) is 6.42 Å². The molecule has 0 saturated carbocycles. The molecule has 0 fully saturated rings. The van der Waals surface area contributed by atoms with E-state index in [9.17, 15) is 4.79 Å². The number of hydrogen-bond acceptors (Lipinski definition) is 4. The molecule has 0 unspecified atom stereocenters.